The van der Waals surface area contributed by atoms with Gasteiger partial charge in [-0.05, 0) is 43.1 Å². The molecule has 4 heteroatoms. The van der Waals surface area contributed by atoms with E-state index in [0.717, 1.165) is 37.9 Å². The Morgan fingerprint density at radius 1 is 1.16 bits per heavy atom. The van der Waals surface area contributed by atoms with Crippen LogP contribution in [-0.4, -0.2) is 41.7 Å². The van der Waals surface area contributed by atoms with Crippen molar-refractivity contribution in [1.29, 1.82) is 0 Å². The van der Waals surface area contributed by atoms with Crippen LogP contribution in [0.5, 0.6) is 0 Å². The number of carbonyl (C=O) groups is 1. The quantitative estimate of drug-likeness (QED) is 0.888. The minimum absolute atomic E-state index is 0.102. The van der Waals surface area contributed by atoms with E-state index in [9.17, 15) is 9.90 Å². The molecule has 0 bridgehead atoms. The normalized spacial score (nSPS) is 26.4. The van der Waals surface area contributed by atoms with E-state index < -0.39 is 6.10 Å². The number of benzene rings is 1. The highest BCUT2D eigenvalue weighted by molar-refractivity contribution is 5.77. The standard InChI is InChI=1S/C21H31NO3/c1-16-7-5-6-10-19(16)25-15-20(23)22-13-11-18(12-14-22)21(24)17-8-3-2-4-9-17/h2-4,8-9,16,18-19,21,24H,5-7,10-15H2,1H3. The second kappa shape index (κ2) is 8.81. The molecule has 1 saturated heterocycles. The zero-order valence-electron chi connectivity index (χ0n) is 15.3. The number of aliphatic hydroxyl groups is 1. The van der Waals surface area contributed by atoms with E-state index in [0.29, 0.717) is 5.92 Å². The Bertz CT molecular complexity index is 539. The molecule has 1 aliphatic carbocycles. The topological polar surface area (TPSA) is 49.8 Å². The molecule has 138 valence electrons. The van der Waals surface area contributed by atoms with Gasteiger partial charge in [0.25, 0.3) is 0 Å². The van der Waals surface area contributed by atoms with Crippen LogP contribution in [0.2, 0.25) is 0 Å². The average molecular weight is 345 g/mol. The zero-order valence-corrected chi connectivity index (χ0v) is 15.3. The monoisotopic (exact) mass is 345 g/mol. The van der Waals surface area contributed by atoms with Gasteiger partial charge in [-0.3, -0.25) is 4.79 Å². The van der Waals surface area contributed by atoms with Crippen molar-refractivity contribution >= 4 is 5.91 Å². The summed E-state index contributed by atoms with van der Waals surface area (Å²) in [5, 5.41) is 10.5. The van der Waals surface area contributed by atoms with E-state index in [-0.39, 0.29) is 24.5 Å². The lowest BCUT2D eigenvalue weighted by Crippen LogP contribution is -2.42. The van der Waals surface area contributed by atoms with Gasteiger partial charge in [0.15, 0.2) is 0 Å². The van der Waals surface area contributed by atoms with Crippen LogP contribution in [0.1, 0.15) is 57.1 Å². The summed E-state index contributed by atoms with van der Waals surface area (Å²) in [6.07, 6.45) is 6.30. The number of likely N-dealkylation sites (tertiary alicyclic amines) is 1. The number of hydrogen-bond donors (Lipinski definition) is 1. The number of amides is 1. The molecule has 1 N–H and O–H groups in total. The molecule has 3 rings (SSSR count). The van der Waals surface area contributed by atoms with Gasteiger partial charge in [0, 0.05) is 13.1 Å². The molecule has 1 aliphatic heterocycles. The van der Waals surface area contributed by atoms with Crippen molar-refractivity contribution in [3.8, 4) is 0 Å². The molecule has 25 heavy (non-hydrogen) atoms. The molecule has 2 fully saturated rings. The number of carbonyl (C=O) groups excluding carboxylic acids is 1. The van der Waals surface area contributed by atoms with Crippen molar-refractivity contribution in [1.82, 2.24) is 4.90 Å². The molecular weight excluding hydrogens is 314 g/mol. The fourth-order valence-corrected chi connectivity index (χ4v) is 4.19. The van der Waals surface area contributed by atoms with E-state index in [4.69, 9.17) is 4.74 Å². The Labute approximate surface area is 151 Å². The van der Waals surface area contributed by atoms with Crippen LogP contribution in [0.25, 0.3) is 0 Å². The Hall–Kier alpha value is -1.39. The summed E-state index contributed by atoms with van der Waals surface area (Å²) in [6, 6.07) is 9.83. The van der Waals surface area contributed by atoms with Crippen molar-refractivity contribution in [2.45, 2.75) is 57.7 Å². The third-order valence-corrected chi connectivity index (χ3v) is 5.93. The summed E-state index contributed by atoms with van der Waals surface area (Å²) >= 11 is 0. The van der Waals surface area contributed by atoms with E-state index >= 15 is 0 Å². The number of piperidine rings is 1. The zero-order chi connectivity index (χ0) is 17.6. The summed E-state index contributed by atoms with van der Waals surface area (Å²) in [6.45, 7) is 3.87. The third-order valence-electron chi connectivity index (χ3n) is 5.93. The Kier molecular flexibility index (Phi) is 6.49. The van der Waals surface area contributed by atoms with Gasteiger partial charge in [-0.2, -0.15) is 0 Å². The number of ether oxygens (including phenoxy) is 1. The number of hydrogen-bond acceptors (Lipinski definition) is 3. The van der Waals surface area contributed by atoms with E-state index in [1.165, 1.54) is 19.3 Å². The van der Waals surface area contributed by atoms with Crippen molar-refractivity contribution < 1.29 is 14.6 Å². The van der Waals surface area contributed by atoms with Gasteiger partial charge in [0.1, 0.15) is 6.61 Å². The third kappa shape index (κ3) is 4.83. The van der Waals surface area contributed by atoms with Crippen LogP contribution in [0.3, 0.4) is 0 Å². The maximum atomic E-state index is 12.4. The lowest BCUT2D eigenvalue weighted by Gasteiger charge is -2.35. The smallest absolute Gasteiger partial charge is 0.248 e. The molecule has 0 radical (unpaired) electrons. The van der Waals surface area contributed by atoms with Gasteiger partial charge in [0.05, 0.1) is 12.2 Å². The largest absolute Gasteiger partial charge is 0.388 e. The average Bonchev–Trinajstić information content (AvgIpc) is 2.67. The molecule has 1 aromatic carbocycles. The first-order valence-electron chi connectivity index (χ1n) is 9.77. The summed E-state index contributed by atoms with van der Waals surface area (Å²) in [7, 11) is 0. The van der Waals surface area contributed by atoms with Crippen LogP contribution in [0.4, 0.5) is 0 Å². The first-order valence-corrected chi connectivity index (χ1v) is 9.77. The van der Waals surface area contributed by atoms with Crippen molar-refractivity contribution in [2.75, 3.05) is 19.7 Å². The van der Waals surface area contributed by atoms with Gasteiger partial charge in [-0.1, -0.05) is 50.1 Å². The second-order valence-electron chi connectivity index (χ2n) is 7.68. The van der Waals surface area contributed by atoms with E-state index in [1.54, 1.807) is 0 Å². The first kappa shape index (κ1) is 18.4. The van der Waals surface area contributed by atoms with Crippen molar-refractivity contribution in [2.24, 2.45) is 11.8 Å². The number of aliphatic hydroxyl groups excluding tert-OH is 1. The van der Waals surface area contributed by atoms with Gasteiger partial charge in [-0.25, -0.2) is 0 Å². The maximum Gasteiger partial charge on any atom is 0.248 e. The van der Waals surface area contributed by atoms with Gasteiger partial charge >= 0.3 is 0 Å². The molecule has 0 aromatic heterocycles. The van der Waals surface area contributed by atoms with Crippen LogP contribution >= 0.6 is 0 Å². The summed E-state index contributed by atoms with van der Waals surface area (Å²) in [5.74, 6) is 0.893. The van der Waals surface area contributed by atoms with Crippen LogP contribution in [-0.2, 0) is 9.53 Å². The molecule has 0 spiro atoms. The Morgan fingerprint density at radius 2 is 1.84 bits per heavy atom. The highest BCUT2D eigenvalue weighted by Crippen LogP contribution is 2.31. The predicted molar refractivity (Wildman–Crippen MR) is 98.1 cm³/mol. The van der Waals surface area contributed by atoms with Crippen molar-refractivity contribution in [3.05, 3.63) is 35.9 Å². The van der Waals surface area contributed by atoms with Crippen LogP contribution < -0.4 is 0 Å². The van der Waals surface area contributed by atoms with Gasteiger partial charge < -0.3 is 14.7 Å². The SMILES string of the molecule is CC1CCCCC1OCC(=O)N1CCC(C(O)c2ccccc2)CC1. The summed E-state index contributed by atoms with van der Waals surface area (Å²) < 4.78 is 5.91. The minimum atomic E-state index is -0.433. The molecule has 3 atom stereocenters. The summed E-state index contributed by atoms with van der Waals surface area (Å²) in [5.41, 5.74) is 0.974. The van der Waals surface area contributed by atoms with E-state index in [1.807, 2.05) is 35.2 Å². The fourth-order valence-electron chi connectivity index (χ4n) is 4.19. The molecule has 1 amide bonds. The maximum absolute atomic E-state index is 12.4. The fraction of sp³-hybridized carbons (Fsp3) is 0.667. The van der Waals surface area contributed by atoms with Crippen LogP contribution in [0, 0.1) is 11.8 Å². The first-order chi connectivity index (χ1) is 12.1. The Morgan fingerprint density at radius 3 is 2.52 bits per heavy atom. The molecule has 2 aliphatic rings. The van der Waals surface area contributed by atoms with E-state index in [2.05, 4.69) is 6.92 Å². The minimum Gasteiger partial charge on any atom is -0.388 e. The lowest BCUT2D eigenvalue weighted by atomic mass is 9.87. The van der Waals surface area contributed by atoms with Gasteiger partial charge in [0.2, 0.25) is 5.91 Å². The highest BCUT2D eigenvalue weighted by Gasteiger charge is 2.29. The lowest BCUT2D eigenvalue weighted by molar-refractivity contribution is -0.142. The molecule has 1 aromatic rings. The number of nitrogens with zero attached hydrogens (tertiary/aromatic N) is 1. The molecular formula is C21H31NO3. The van der Waals surface area contributed by atoms with Crippen molar-refractivity contribution in [3.63, 3.8) is 0 Å². The molecule has 1 saturated carbocycles. The second-order valence-corrected chi connectivity index (χ2v) is 7.68. The van der Waals surface area contributed by atoms with Gasteiger partial charge in [-0.15, -0.1) is 0 Å². The number of rotatable bonds is 5. The Balaban J connectivity index is 1.43. The molecule has 1 heterocycles. The predicted octanol–water partition coefficient (Wildman–Crippen LogP) is 3.55. The highest BCUT2D eigenvalue weighted by atomic mass is 16.5. The molecule has 3 unspecified atom stereocenters. The van der Waals surface area contributed by atoms with Crippen LogP contribution in [0.15, 0.2) is 30.3 Å². The summed E-state index contributed by atoms with van der Waals surface area (Å²) in [4.78, 5) is 14.3. The molecule has 4 nitrogen and oxygen atoms in total.